The van der Waals surface area contributed by atoms with Crippen LogP contribution in [0.15, 0.2) is 28.4 Å². The fraction of sp³-hybridized carbons (Fsp3) is 0.143. The van der Waals surface area contributed by atoms with E-state index in [1.807, 2.05) is 0 Å². The summed E-state index contributed by atoms with van der Waals surface area (Å²) in [6.07, 6.45) is 1.28. The molecule has 0 bridgehead atoms. The van der Waals surface area contributed by atoms with E-state index >= 15 is 0 Å². The van der Waals surface area contributed by atoms with Gasteiger partial charge in [-0.15, -0.1) is 0 Å². The van der Waals surface area contributed by atoms with Crippen molar-refractivity contribution in [3.63, 3.8) is 0 Å². The Hall–Kier alpha value is -2.88. The van der Waals surface area contributed by atoms with Crippen LogP contribution in [0.4, 0.5) is 4.79 Å². The van der Waals surface area contributed by atoms with Crippen molar-refractivity contribution in [2.45, 2.75) is 0 Å². The number of imide groups is 1. The number of nitrogens with one attached hydrogen (secondary N) is 1. The van der Waals surface area contributed by atoms with Gasteiger partial charge in [0.15, 0.2) is 6.61 Å². The standard InChI is InChI=1S/C14H11BrN2O7/c15-8-1-2-10(24-6-12(20)21)7(3-8)4-9-13(22)17(5-11(18)19)14(23)16-9/h1-4H,5-6H2,(H,16,23)(H,18,19)(H,20,21)/b9-4+. The second-order valence-electron chi connectivity index (χ2n) is 4.64. The molecule has 1 aliphatic rings. The highest BCUT2D eigenvalue weighted by Crippen LogP contribution is 2.26. The van der Waals surface area contributed by atoms with E-state index in [-0.39, 0.29) is 11.4 Å². The van der Waals surface area contributed by atoms with Crippen molar-refractivity contribution in [1.82, 2.24) is 10.2 Å². The quantitative estimate of drug-likeness (QED) is 0.478. The summed E-state index contributed by atoms with van der Waals surface area (Å²) >= 11 is 3.24. The van der Waals surface area contributed by atoms with Crippen LogP contribution in [0.25, 0.3) is 6.08 Å². The highest BCUT2D eigenvalue weighted by molar-refractivity contribution is 9.10. The maximum Gasteiger partial charge on any atom is 0.341 e. The summed E-state index contributed by atoms with van der Waals surface area (Å²) < 4.78 is 5.76. The molecule has 126 valence electrons. The van der Waals surface area contributed by atoms with Gasteiger partial charge in [-0.05, 0) is 24.3 Å². The fourth-order valence-electron chi connectivity index (χ4n) is 1.91. The Kier molecular flexibility index (Phi) is 5.19. The Labute approximate surface area is 143 Å². The summed E-state index contributed by atoms with van der Waals surface area (Å²) in [6.45, 7) is -1.34. The van der Waals surface area contributed by atoms with Crippen molar-refractivity contribution in [2.75, 3.05) is 13.2 Å². The van der Waals surface area contributed by atoms with E-state index in [4.69, 9.17) is 14.9 Å². The molecule has 3 amide bonds. The van der Waals surface area contributed by atoms with Crippen LogP contribution in [0, 0.1) is 0 Å². The molecular weight excluding hydrogens is 388 g/mol. The van der Waals surface area contributed by atoms with Crippen molar-refractivity contribution in [1.29, 1.82) is 0 Å². The van der Waals surface area contributed by atoms with Crippen molar-refractivity contribution >= 4 is 45.9 Å². The smallest absolute Gasteiger partial charge is 0.341 e. The third-order valence-electron chi connectivity index (χ3n) is 2.88. The molecular formula is C14H11BrN2O7. The predicted octanol–water partition coefficient (Wildman–Crippen LogP) is 0.890. The molecule has 1 aromatic rings. The topological polar surface area (TPSA) is 133 Å². The fourth-order valence-corrected chi connectivity index (χ4v) is 2.29. The van der Waals surface area contributed by atoms with Gasteiger partial charge in [0.2, 0.25) is 0 Å². The Morgan fingerprint density at radius 3 is 2.58 bits per heavy atom. The van der Waals surface area contributed by atoms with Crippen molar-refractivity contribution in [2.24, 2.45) is 0 Å². The van der Waals surface area contributed by atoms with Crippen LogP contribution >= 0.6 is 15.9 Å². The Balaban J connectivity index is 2.32. The lowest BCUT2D eigenvalue weighted by atomic mass is 10.1. The monoisotopic (exact) mass is 398 g/mol. The first-order valence-electron chi connectivity index (χ1n) is 6.48. The van der Waals surface area contributed by atoms with Crippen LogP contribution in [0.5, 0.6) is 5.75 Å². The molecule has 0 spiro atoms. The zero-order valence-electron chi connectivity index (χ0n) is 12.0. The number of halogens is 1. The van der Waals surface area contributed by atoms with Gasteiger partial charge in [0.25, 0.3) is 5.91 Å². The van der Waals surface area contributed by atoms with Gasteiger partial charge in [0, 0.05) is 10.0 Å². The lowest BCUT2D eigenvalue weighted by molar-refractivity contribution is -0.140. The summed E-state index contributed by atoms with van der Waals surface area (Å²) in [5, 5.41) is 19.7. The molecule has 3 N–H and O–H groups in total. The van der Waals surface area contributed by atoms with E-state index in [1.165, 1.54) is 12.1 Å². The number of carbonyl (C=O) groups excluding carboxylic acids is 2. The summed E-state index contributed by atoms with van der Waals surface area (Å²) in [4.78, 5) is 45.6. The molecule has 0 aromatic heterocycles. The van der Waals surface area contributed by atoms with Gasteiger partial charge >= 0.3 is 18.0 Å². The third kappa shape index (κ3) is 4.10. The number of carboxylic acids is 2. The number of carbonyl (C=O) groups is 4. The molecule has 1 aromatic carbocycles. The number of benzene rings is 1. The van der Waals surface area contributed by atoms with E-state index in [2.05, 4.69) is 21.2 Å². The Bertz CT molecular complexity index is 759. The van der Waals surface area contributed by atoms with Crippen LogP contribution in [0.1, 0.15) is 5.56 Å². The largest absolute Gasteiger partial charge is 0.481 e. The molecule has 0 aliphatic carbocycles. The van der Waals surface area contributed by atoms with Crippen LogP contribution in [0.3, 0.4) is 0 Å². The molecule has 1 aliphatic heterocycles. The molecule has 24 heavy (non-hydrogen) atoms. The molecule has 0 atom stereocenters. The zero-order chi connectivity index (χ0) is 17.9. The zero-order valence-corrected chi connectivity index (χ0v) is 13.6. The molecule has 2 rings (SSSR count). The maximum absolute atomic E-state index is 12.1. The van der Waals surface area contributed by atoms with Gasteiger partial charge in [-0.25, -0.2) is 14.5 Å². The molecule has 9 nitrogen and oxygen atoms in total. The SMILES string of the molecule is O=C(O)COc1ccc(Br)cc1/C=C1/NC(=O)N(CC(=O)O)C1=O. The molecule has 1 saturated heterocycles. The number of aliphatic carboxylic acids is 2. The number of hydrogen-bond acceptors (Lipinski definition) is 5. The van der Waals surface area contributed by atoms with Gasteiger partial charge in [0.05, 0.1) is 0 Å². The van der Waals surface area contributed by atoms with Crippen LogP contribution in [-0.4, -0.2) is 52.1 Å². The first kappa shape index (κ1) is 17.5. The Morgan fingerprint density at radius 1 is 1.25 bits per heavy atom. The van der Waals surface area contributed by atoms with E-state index < -0.39 is 37.0 Å². The summed E-state index contributed by atoms with van der Waals surface area (Å²) in [7, 11) is 0. The second kappa shape index (κ2) is 7.13. The van der Waals surface area contributed by atoms with Crippen molar-refractivity contribution in [3.05, 3.63) is 33.9 Å². The molecule has 1 heterocycles. The van der Waals surface area contributed by atoms with E-state index in [0.29, 0.717) is 14.9 Å². The lowest BCUT2D eigenvalue weighted by Gasteiger charge is -2.09. The number of rotatable bonds is 6. The normalized spacial score (nSPS) is 15.5. The summed E-state index contributed by atoms with van der Waals surface area (Å²) in [5.41, 5.74) is 0.200. The lowest BCUT2D eigenvalue weighted by Crippen LogP contribution is -2.35. The second-order valence-corrected chi connectivity index (χ2v) is 5.55. The number of urea groups is 1. The van der Waals surface area contributed by atoms with Crippen LogP contribution in [0.2, 0.25) is 0 Å². The van der Waals surface area contributed by atoms with Gasteiger partial charge < -0.3 is 20.3 Å². The van der Waals surface area contributed by atoms with Gasteiger partial charge in [-0.1, -0.05) is 15.9 Å². The molecule has 0 radical (unpaired) electrons. The third-order valence-corrected chi connectivity index (χ3v) is 3.37. The number of carboxylic acid groups (broad SMARTS) is 2. The summed E-state index contributed by atoms with van der Waals surface area (Å²) in [5.74, 6) is -3.11. The number of hydrogen-bond donors (Lipinski definition) is 3. The molecule has 10 heteroatoms. The molecule has 0 saturated carbocycles. The highest BCUT2D eigenvalue weighted by atomic mass is 79.9. The highest BCUT2D eigenvalue weighted by Gasteiger charge is 2.35. The van der Waals surface area contributed by atoms with Crippen molar-refractivity contribution < 1.29 is 34.1 Å². The predicted molar refractivity (Wildman–Crippen MR) is 83.1 cm³/mol. The number of nitrogens with zero attached hydrogens (tertiary/aromatic N) is 1. The van der Waals surface area contributed by atoms with Crippen LogP contribution in [-0.2, 0) is 14.4 Å². The van der Waals surface area contributed by atoms with E-state index in [9.17, 15) is 19.2 Å². The Morgan fingerprint density at radius 2 is 1.96 bits per heavy atom. The minimum atomic E-state index is -1.33. The van der Waals surface area contributed by atoms with Gasteiger partial charge in [-0.2, -0.15) is 0 Å². The number of ether oxygens (including phenoxy) is 1. The van der Waals surface area contributed by atoms with Gasteiger partial charge in [-0.3, -0.25) is 9.59 Å². The summed E-state index contributed by atoms with van der Waals surface area (Å²) in [6, 6.07) is 3.82. The van der Waals surface area contributed by atoms with Crippen molar-refractivity contribution in [3.8, 4) is 5.75 Å². The van der Waals surface area contributed by atoms with Crippen LogP contribution < -0.4 is 10.1 Å². The minimum absolute atomic E-state index is 0.139. The minimum Gasteiger partial charge on any atom is -0.481 e. The average Bonchev–Trinajstić information content (AvgIpc) is 2.73. The van der Waals surface area contributed by atoms with E-state index in [0.717, 1.165) is 0 Å². The molecule has 1 fully saturated rings. The first-order valence-corrected chi connectivity index (χ1v) is 7.27. The van der Waals surface area contributed by atoms with E-state index in [1.54, 1.807) is 12.1 Å². The first-order chi connectivity index (χ1) is 11.3. The van der Waals surface area contributed by atoms with Gasteiger partial charge in [0.1, 0.15) is 18.0 Å². The maximum atomic E-state index is 12.1. The average molecular weight is 399 g/mol. The molecule has 0 unspecified atom stereocenters. The number of amides is 3.